The molecule has 0 bridgehead atoms. The van der Waals surface area contributed by atoms with Gasteiger partial charge >= 0.3 is 0 Å². The second kappa shape index (κ2) is 4.84. The van der Waals surface area contributed by atoms with Crippen LogP contribution in [0, 0.1) is 5.92 Å². The summed E-state index contributed by atoms with van der Waals surface area (Å²) < 4.78 is 0. The van der Waals surface area contributed by atoms with Gasteiger partial charge < -0.3 is 10.3 Å². The molecule has 1 fully saturated rings. The van der Waals surface area contributed by atoms with E-state index in [-0.39, 0.29) is 5.91 Å². The Balaban J connectivity index is 1.65. The molecule has 0 radical (unpaired) electrons. The second-order valence-corrected chi connectivity index (χ2v) is 5.09. The first-order chi connectivity index (χ1) is 8.84. The quantitative estimate of drug-likeness (QED) is 0.850. The van der Waals surface area contributed by atoms with E-state index in [1.165, 1.54) is 19.3 Å². The van der Waals surface area contributed by atoms with Crippen molar-refractivity contribution in [2.24, 2.45) is 5.92 Å². The Kier molecular flexibility index (Phi) is 3.05. The van der Waals surface area contributed by atoms with E-state index in [1.807, 2.05) is 30.5 Å². The molecule has 0 aliphatic heterocycles. The maximum Gasteiger partial charge on any atom is 0.253 e. The van der Waals surface area contributed by atoms with Gasteiger partial charge in [-0.15, -0.1) is 0 Å². The highest BCUT2D eigenvalue weighted by atomic mass is 16.1. The lowest BCUT2D eigenvalue weighted by molar-refractivity contribution is 0.0950. The molecular formula is C15H18N2O. The number of benzene rings is 1. The molecule has 3 rings (SSSR count). The molecule has 18 heavy (non-hydrogen) atoms. The van der Waals surface area contributed by atoms with E-state index >= 15 is 0 Å². The molecule has 1 aromatic carbocycles. The second-order valence-electron chi connectivity index (χ2n) is 5.09. The normalized spacial score (nSPS) is 15.6. The van der Waals surface area contributed by atoms with Crippen LogP contribution in [0.3, 0.4) is 0 Å². The van der Waals surface area contributed by atoms with Crippen molar-refractivity contribution in [2.75, 3.05) is 6.54 Å². The number of hydrogen-bond acceptors (Lipinski definition) is 1. The zero-order chi connectivity index (χ0) is 12.4. The molecule has 1 saturated carbocycles. The first-order valence-corrected chi connectivity index (χ1v) is 6.69. The molecule has 1 aliphatic rings. The Labute approximate surface area is 107 Å². The largest absolute Gasteiger partial charge is 0.361 e. The smallest absolute Gasteiger partial charge is 0.253 e. The van der Waals surface area contributed by atoms with Gasteiger partial charge in [-0.05, 0) is 24.5 Å². The molecule has 3 heteroatoms. The van der Waals surface area contributed by atoms with Crippen LogP contribution in [0.2, 0.25) is 0 Å². The summed E-state index contributed by atoms with van der Waals surface area (Å²) in [5.74, 6) is 0.869. The Morgan fingerprint density at radius 2 is 2.22 bits per heavy atom. The van der Waals surface area contributed by atoms with Crippen molar-refractivity contribution < 1.29 is 4.79 Å². The van der Waals surface area contributed by atoms with E-state index < -0.39 is 0 Å². The summed E-state index contributed by atoms with van der Waals surface area (Å²) in [4.78, 5) is 15.2. The van der Waals surface area contributed by atoms with Gasteiger partial charge in [0.2, 0.25) is 0 Å². The highest BCUT2D eigenvalue weighted by Crippen LogP contribution is 2.28. The predicted molar refractivity (Wildman–Crippen MR) is 72.6 cm³/mol. The number of hydrogen-bond donors (Lipinski definition) is 2. The lowest BCUT2D eigenvalue weighted by Crippen LogP contribution is -2.27. The maximum absolute atomic E-state index is 12.1. The molecule has 1 heterocycles. The van der Waals surface area contributed by atoms with E-state index in [1.54, 1.807) is 0 Å². The van der Waals surface area contributed by atoms with Crippen molar-refractivity contribution in [3.05, 3.63) is 36.0 Å². The molecule has 0 unspecified atom stereocenters. The van der Waals surface area contributed by atoms with Crippen molar-refractivity contribution in [1.82, 2.24) is 10.3 Å². The number of nitrogens with one attached hydrogen (secondary N) is 2. The molecule has 0 saturated heterocycles. The van der Waals surface area contributed by atoms with Gasteiger partial charge in [-0.25, -0.2) is 0 Å². The van der Waals surface area contributed by atoms with Gasteiger partial charge in [0.25, 0.3) is 5.91 Å². The first-order valence-electron chi connectivity index (χ1n) is 6.69. The molecule has 1 amide bonds. The van der Waals surface area contributed by atoms with Crippen LogP contribution in [0.1, 0.15) is 36.0 Å². The minimum Gasteiger partial charge on any atom is -0.361 e. The summed E-state index contributed by atoms with van der Waals surface area (Å²) in [5.41, 5.74) is 1.67. The van der Waals surface area contributed by atoms with Gasteiger partial charge in [0, 0.05) is 18.1 Å². The fourth-order valence-electron chi connectivity index (χ4n) is 2.54. The van der Waals surface area contributed by atoms with Crippen molar-refractivity contribution in [2.45, 2.75) is 25.7 Å². The van der Waals surface area contributed by atoms with Crippen LogP contribution in [-0.2, 0) is 0 Å². The molecule has 2 N–H and O–H groups in total. The van der Waals surface area contributed by atoms with Gasteiger partial charge in [0.05, 0.1) is 11.1 Å². The third kappa shape index (κ3) is 2.13. The Morgan fingerprint density at radius 3 is 3.00 bits per heavy atom. The van der Waals surface area contributed by atoms with Gasteiger partial charge in [0.15, 0.2) is 0 Å². The highest BCUT2D eigenvalue weighted by molar-refractivity contribution is 6.05. The average Bonchev–Trinajstić information content (AvgIpc) is 2.79. The number of para-hydroxylation sites is 1. The standard InChI is InChI=1S/C15H18N2O/c18-15(17-9-7-11-3-1-4-11)13-6-2-5-12-8-10-16-14(12)13/h2,5-6,8,10-11,16H,1,3-4,7,9H2,(H,17,18). The topological polar surface area (TPSA) is 44.9 Å². The van der Waals surface area contributed by atoms with E-state index in [0.717, 1.165) is 35.3 Å². The van der Waals surface area contributed by atoms with Gasteiger partial charge in [-0.2, -0.15) is 0 Å². The minimum absolute atomic E-state index is 0.0300. The first kappa shape index (κ1) is 11.3. The Hall–Kier alpha value is -1.77. The fraction of sp³-hybridized carbons (Fsp3) is 0.400. The molecular weight excluding hydrogens is 224 g/mol. The van der Waals surface area contributed by atoms with Crippen LogP contribution in [0.15, 0.2) is 30.5 Å². The number of H-pyrrole nitrogens is 1. The third-order valence-electron chi connectivity index (χ3n) is 3.89. The molecule has 94 valence electrons. The van der Waals surface area contributed by atoms with Crippen LogP contribution >= 0.6 is 0 Å². The number of aromatic amines is 1. The lowest BCUT2D eigenvalue weighted by atomic mass is 9.83. The summed E-state index contributed by atoms with van der Waals surface area (Å²) in [6.07, 6.45) is 7.02. The molecule has 1 aromatic heterocycles. The van der Waals surface area contributed by atoms with Crippen molar-refractivity contribution >= 4 is 16.8 Å². The van der Waals surface area contributed by atoms with Crippen LogP contribution in [0.5, 0.6) is 0 Å². The van der Waals surface area contributed by atoms with Crippen LogP contribution in [-0.4, -0.2) is 17.4 Å². The monoisotopic (exact) mass is 242 g/mol. The third-order valence-corrected chi connectivity index (χ3v) is 3.89. The van der Waals surface area contributed by atoms with Crippen LogP contribution in [0.4, 0.5) is 0 Å². The molecule has 2 aromatic rings. The molecule has 0 spiro atoms. The Morgan fingerprint density at radius 1 is 1.33 bits per heavy atom. The van der Waals surface area contributed by atoms with Gasteiger partial charge in [0.1, 0.15) is 0 Å². The van der Waals surface area contributed by atoms with Gasteiger partial charge in [-0.3, -0.25) is 4.79 Å². The zero-order valence-electron chi connectivity index (χ0n) is 10.4. The van der Waals surface area contributed by atoms with E-state index in [9.17, 15) is 4.79 Å². The SMILES string of the molecule is O=C(NCCC1CCC1)c1cccc2cc[nH]c12. The van der Waals surface area contributed by atoms with E-state index in [4.69, 9.17) is 0 Å². The highest BCUT2D eigenvalue weighted by Gasteiger charge is 2.17. The summed E-state index contributed by atoms with van der Waals surface area (Å²) in [6.45, 7) is 0.792. The average molecular weight is 242 g/mol. The molecule has 3 nitrogen and oxygen atoms in total. The fourth-order valence-corrected chi connectivity index (χ4v) is 2.54. The number of rotatable bonds is 4. The van der Waals surface area contributed by atoms with Crippen molar-refractivity contribution in [3.8, 4) is 0 Å². The molecule has 1 aliphatic carbocycles. The maximum atomic E-state index is 12.1. The number of amides is 1. The minimum atomic E-state index is 0.0300. The lowest BCUT2D eigenvalue weighted by Gasteiger charge is -2.25. The van der Waals surface area contributed by atoms with Crippen LogP contribution < -0.4 is 5.32 Å². The number of carbonyl (C=O) groups is 1. The molecule has 0 atom stereocenters. The summed E-state index contributed by atoms with van der Waals surface area (Å²) in [5, 5.41) is 4.11. The predicted octanol–water partition coefficient (Wildman–Crippen LogP) is 3.09. The zero-order valence-corrected chi connectivity index (χ0v) is 10.4. The number of carbonyl (C=O) groups excluding carboxylic acids is 1. The summed E-state index contributed by atoms with van der Waals surface area (Å²) in [6, 6.07) is 7.80. The number of aromatic nitrogens is 1. The number of fused-ring (bicyclic) bond motifs is 1. The van der Waals surface area contributed by atoms with Gasteiger partial charge in [-0.1, -0.05) is 31.4 Å². The summed E-state index contributed by atoms with van der Waals surface area (Å²) in [7, 11) is 0. The van der Waals surface area contributed by atoms with Crippen molar-refractivity contribution in [3.63, 3.8) is 0 Å². The summed E-state index contributed by atoms with van der Waals surface area (Å²) >= 11 is 0. The van der Waals surface area contributed by atoms with E-state index in [2.05, 4.69) is 10.3 Å². The van der Waals surface area contributed by atoms with E-state index in [0.29, 0.717) is 0 Å². The van der Waals surface area contributed by atoms with Crippen molar-refractivity contribution in [1.29, 1.82) is 0 Å². The van der Waals surface area contributed by atoms with Crippen LogP contribution in [0.25, 0.3) is 10.9 Å². The Bertz CT molecular complexity index is 554.